The Bertz CT molecular complexity index is 1440. The molecule has 2 heterocycles. The van der Waals surface area contributed by atoms with Crippen LogP contribution in [0.5, 0.6) is 0 Å². The molecule has 2 aromatic heterocycles. The average molecular weight is 537 g/mol. The van der Waals surface area contributed by atoms with E-state index in [1.807, 2.05) is 44.4 Å². The Morgan fingerprint density at radius 3 is 1.87 bits per heavy atom. The van der Waals surface area contributed by atoms with Gasteiger partial charge in [-0.05, 0) is 37.3 Å². The minimum atomic E-state index is 0.815. The van der Waals surface area contributed by atoms with Crippen LogP contribution >= 0.6 is 31.9 Å². The molecule has 0 unspecified atom stereocenters. The fourth-order valence-electron chi connectivity index (χ4n) is 3.97. The van der Waals surface area contributed by atoms with Crippen molar-refractivity contribution >= 4 is 59.9 Å². The minimum Gasteiger partial charge on any atom is -0.359 e. The molecule has 0 amide bonds. The predicted octanol–water partition coefficient (Wildman–Crippen LogP) is 6.73. The Kier molecular flexibility index (Phi) is 5.02. The van der Waals surface area contributed by atoms with Crippen molar-refractivity contribution in [1.29, 1.82) is 0 Å². The van der Waals surface area contributed by atoms with Crippen molar-refractivity contribution in [2.75, 3.05) is 12.4 Å². The summed E-state index contributed by atoms with van der Waals surface area (Å²) in [6, 6.07) is 18.4. The van der Waals surface area contributed by atoms with E-state index in [2.05, 4.69) is 72.9 Å². The Balaban J connectivity index is 1.86. The van der Waals surface area contributed by atoms with Crippen LogP contribution in [0.25, 0.3) is 44.6 Å². The first kappa shape index (κ1) is 20.2. The number of nitrogens with one attached hydrogen (secondary N) is 1. The molecule has 7 heteroatoms. The monoisotopic (exact) mass is 535 g/mol. The summed E-state index contributed by atoms with van der Waals surface area (Å²) < 4.78 is 4.12. The maximum Gasteiger partial charge on any atom is 0.203 e. The van der Waals surface area contributed by atoms with Gasteiger partial charge in [-0.3, -0.25) is 0 Å². The van der Waals surface area contributed by atoms with E-state index in [0.717, 1.165) is 65.0 Å². The summed E-state index contributed by atoms with van der Waals surface area (Å²) in [5.74, 6) is 0.815. The van der Waals surface area contributed by atoms with E-state index in [0.29, 0.717) is 0 Å². The van der Waals surface area contributed by atoms with Gasteiger partial charge in [0.2, 0.25) is 5.95 Å². The number of fused-ring (bicyclic) bond motifs is 2. The lowest BCUT2D eigenvalue weighted by molar-refractivity contribution is 0.949. The van der Waals surface area contributed by atoms with Gasteiger partial charge in [-0.2, -0.15) is 0 Å². The fourth-order valence-corrected chi connectivity index (χ4v) is 4.50. The maximum atomic E-state index is 5.15. The van der Waals surface area contributed by atoms with Crippen LogP contribution in [-0.2, 0) is 7.05 Å². The van der Waals surface area contributed by atoms with Crippen LogP contribution in [0.3, 0.4) is 0 Å². The molecule has 154 valence electrons. The highest BCUT2D eigenvalue weighted by atomic mass is 79.9. The number of rotatable bonds is 3. The average Bonchev–Trinajstić information content (AvgIpc) is 3.10. The summed E-state index contributed by atoms with van der Waals surface area (Å²) in [6.07, 6.45) is 0. The van der Waals surface area contributed by atoms with Gasteiger partial charge in [0.25, 0.3) is 0 Å². The third kappa shape index (κ3) is 3.42. The molecule has 0 aliphatic carbocycles. The zero-order valence-electron chi connectivity index (χ0n) is 17.2. The Hall–Kier alpha value is -2.77. The smallest absolute Gasteiger partial charge is 0.203 e. The number of halogens is 2. The lowest BCUT2D eigenvalue weighted by Crippen LogP contribution is -2.00. The maximum absolute atomic E-state index is 5.15. The van der Waals surface area contributed by atoms with Crippen LogP contribution in [0.2, 0.25) is 0 Å². The van der Waals surface area contributed by atoms with Gasteiger partial charge in [-0.15, -0.1) is 0 Å². The van der Waals surface area contributed by atoms with Crippen molar-refractivity contribution in [2.45, 2.75) is 6.92 Å². The van der Waals surface area contributed by atoms with Crippen LogP contribution < -0.4 is 5.32 Å². The molecular formula is C24H19Br2N5. The standard InChI is InChI=1S/C24H19Br2N5/c1-13-20-18(12-19-23(13)31(3)24(27-2)29-19)28-21(14-4-8-16(25)9-5-14)22(30-20)15-6-10-17(26)11-7-15/h4-12H,1-3H3,(H,27,29). The normalized spacial score (nSPS) is 11.4. The van der Waals surface area contributed by atoms with E-state index >= 15 is 0 Å². The molecule has 0 fully saturated rings. The van der Waals surface area contributed by atoms with E-state index in [1.54, 1.807) is 0 Å². The summed E-state index contributed by atoms with van der Waals surface area (Å²) in [5, 5.41) is 3.15. The van der Waals surface area contributed by atoms with E-state index in [9.17, 15) is 0 Å². The number of benzene rings is 3. The van der Waals surface area contributed by atoms with Gasteiger partial charge in [-0.1, -0.05) is 56.1 Å². The Morgan fingerprint density at radius 2 is 1.32 bits per heavy atom. The summed E-state index contributed by atoms with van der Waals surface area (Å²) >= 11 is 7.05. The predicted molar refractivity (Wildman–Crippen MR) is 134 cm³/mol. The van der Waals surface area contributed by atoms with Gasteiger partial charge < -0.3 is 9.88 Å². The van der Waals surface area contributed by atoms with E-state index in [-0.39, 0.29) is 0 Å². The number of hydrogen-bond donors (Lipinski definition) is 1. The first-order valence-corrected chi connectivity index (χ1v) is 11.4. The highest BCUT2D eigenvalue weighted by Gasteiger charge is 2.18. The highest BCUT2D eigenvalue weighted by molar-refractivity contribution is 9.10. The van der Waals surface area contributed by atoms with Crippen LogP contribution in [-0.4, -0.2) is 26.6 Å². The fraction of sp³-hybridized carbons (Fsp3) is 0.125. The molecule has 5 aromatic rings. The molecule has 0 saturated carbocycles. The molecule has 1 N–H and O–H groups in total. The van der Waals surface area contributed by atoms with Gasteiger partial charge in [0.1, 0.15) is 0 Å². The lowest BCUT2D eigenvalue weighted by atomic mass is 10.0. The number of aromatic nitrogens is 4. The number of imidazole rings is 1. The SMILES string of the molecule is CNc1nc2cc3nc(-c4ccc(Br)cc4)c(-c4ccc(Br)cc4)nc3c(C)c2n1C. The molecule has 0 bridgehead atoms. The van der Waals surface area contributed by atoms with Crippen LogP contribution in [0.4, 0.5) is 5.95 Å². The summed E-state index contributed by atoms with van der Waals surface area (Å²) in [7, 11) is 3.89. The van der Waals surface area contributed by atoms with Crippen molar-refractivity contribution in [1.82, 2.24) is 19.5 Å². The highest BCUT2D eigenvalue weighted by Crippen LogP contribution is 2.35. The molecule has 0 saturated heterocycles. The summed E-state index contributed by atoms with van der Waals surface area (Å²) in [4.78, 5) is 15.0. The van der Waals surface area contributed by atoms with E-state index in [1.165, 1.54) is 0 Å². The van der Waals surface area contributed by atoms with Crippen molar-refractivity contribution in [3.63, 3.8) is 0 Å². The minimum absolute atomic E-state index is 0.815. The van der Waals surface area contributed by atoms with Crippen LogP contribution in [0.15, 0.2) is 63.5 Å². The zero-order valence-corrected chi connectivity index (χ0v) is 20.4. The summed E-state index contributed by atoms with van der Waals surface area (Å²) in [5.41, 5.74) is 8.51. The third-order valence-electron chi connectivity index (χ3n) is 5.49. The molecule has 3 aromatic carbocycles. The molecule has 0 radical (unpaired) electrons. The number of nitrogens with zero attached hydrogens (tertiary/aromatic N) is 4. The Labute approximate surface area is 196 Å². The largest absolute Gasteiger partial charge is 0.359 e. The van der Waals surface area contributed by atoms with Gasteiger partial charge in [0, 0.05) is 39.7 Å². The topological polar surface area (TPSA) is 55.6 Å². The second-order valence-electron chi connectivity index (χ2n) is 7.42. The number of anilines is 1. The van der Waals surface area contributed by atoms with Crippen molar-refractivity contribution in [3.05, 3.63) is 69.1 Å². The molecule has 0 atom stereocenters. The molecule has 31 heavy (non-hydrogen) atoms. The second kappa shape index (κ2) is 7.73. The quantitative estimate of drug-likeness (QED) is 0.278. The number of hydrogen-bond acceptors (Lipinski definition) is 4. The third-order valence-corrected chi connectivity index (χ3v) is 6.54. The summed E-state index contributed by atoms with van der Waals surface area (Å²) in [6.45, 7) is 2.09. The molecular weight excluding hydrogens is 518 g/mol. The first-order chi connectivity index (χ1) is 15.0. The molecule has 0 spiro atoms. The Morgan fingerprint density at radius 1 is 0.774 bits per heavy atom. The van der Waals surface area contributed by atoms with Crippen LogP contribution in [0.1, 0.15) is 5.56 Å². The van der Waals surface area contributed by atoms with Gasteiger partial charge in [-0.25, -0.2) is 15.0 Å². The van der Waals surface area contributed by atoms with E-state index < -0.39 is 0 Å². The second-order valence-corrected chi connectivity index (χ2v) is 9.25. The van der Waals surface area contributed by atoms with Gasteiger partial charge >= 0.3 is 0 Å². The van der Waals surface area contributed by atoms with E-state index in [4.69, 9.17) is 15.0 Å². The van der Waals surface area contributed by atoms with Crippen molar-refractivity contribution in [2.24, 2.45) is 7.05 Å². The lowest BCUT2D eigenvalue weighted by Gasteiger charge is -2.13. The zero-order chi connectivity index (χ0) is 21.7. The molecule has 0 aliphatic heterocycles. The molecule has 5 rings (SSSR count). The van der Waals surface area contributed by atoms with Gasteiger partial charge in [0.15, 0.2) is 0 Å². The van der Waals surface area contributed by atoms with Crippen molar-refractivity contribution < 1.29 is 0 Å². The van der Waals surface area contributed by atoms with Gasteiger partial charge in [0.05, 0.1) is 33.5 Å². The molecule has 0 aliphatic rings. The molecule has 5 nitrogen and oxygen atoms in total. The number of aryl methyl sites for hydroxylation is 2. The van der Waals surface area contributed by atoms with Crippen LogP contribution in [0, 0.1) is 6.92 Å². The first-order valence-electron chi connectivity index (χ1n) is 9.83. The van der Waals surface area contributed by atoms with Crippen molar-refractivity contribution in [3.8, 4) is 22.5 Å².